The van der Waals surface area contributed by atoms with E-state index >= 15 is 0 Å². The van der Waals surface area contributed by atoms with Gasteiger partial charge >= 0.3 is 0 Å². The molecule has 0 spiro atoms. The molecule has 0 atom stereocenters. The molecule has 2 rings (SSSR count). The minimum absolute atomic E-state index is 0.900. The Kier molecular flexibility index (Phi) is 4.24. The molecular formula is C13H20N4. The highest BCUT2D eigenvalue weighted by atomic mass is 15.2. The molecular weight excluding hydrogens is 212 g/mol. The third-order valence-electron chi connectivity index (χ3n) is 2.83. The molecule has 1 aliphatic rings. The SMILES string of the molecule is CN(CCNC1=NCCCN1)c1ccccc1. The molecule has 0 unspecified atom stereocenters. The number of para-hydroxylation sites is 1. The molecule has 0 saturated heterocycles. The van der Waals surface area contributed by atoms with Crippen molar-refractivity contribution in [3.63, 3.8) is 0 Å². The summed E-state index contributed by atoms with van der Waals surface area (Å²) >= 11 is 0. The van der Waals surface area contributed by atoms with E-state index in [1.807, 2.05) is 6.07 Å². The maximum absolute atomic E-state index is 4.37. The summed E-state index contributed by atoms with van der Waals surface area (Å²) < 4.78 is 0. The standard InChI is InChI=1S/C13H20N4/c1-17(12-6-3-2-4-7-12)11-10-16-13-14-8-5-9-15-13/h2-4,6-7H,5,8-11H2,1H3,(H2,14,15,16). The van der Waals surface area contributed by atoms with Gasteiger partial charge in [0.15, 0.2) is 5.96 Å². The number of anilines is 1. The van der Waals surface area contributed by atoms with Gasteiger partial charge in [0.05, 0.1) is 0 Å². The summed E-state index contributed by atoms with van der Waals surface area (Å²) in [6.45, 7) is 3.83. The normalized spacial score (nSPS) is 14.8. The van der Waals surface area contributed by atoms with E-state index in [2.05, 4.69) is 51.8 Å². The van der Waals surface area contributed by atoms with Crippen molar-refractivity contribution in [2.75, 3.05) is 38.1 Å². The van der Waals surface area contributed by atoms with Gasteiger partial charge in [0.1, 0.15) is 0 Å². The molecule has 0 aliphatic carbocycles. The van der Waals surface area contributed by atoms with Crippen LogP contribution in [0.25, 0.3) is 0 Å². The third-order valence-corrected chi connectivity index (χ3v) is 2.83. The van der Waals surface area contributed by atoms with Gasteiger partial charge in [-0.2, -0.15) is 0 Å². The molecule has 4 heteroatoms. The average Bonchev–Trinajstić information content (AvgIpc) is 2.41. The van der Waals surface area contributed by atoms with Gasteiger partial charge in [-0.25, -0.2) is 0 Å². The van der Waals surface area contributed by atoms with Gasteiger partial charge in [0, 0.05) is 38.9 Å². The van der Waals surface area contributed by atoms with Crippen LogP contribution in [0.1, 0.15) is 6.42 Å². The second-order valence-electron chi connectivity index (χ2n) is 4.19. The zero-order chi connectivity index (χ0) is 11.9. The van der Waals surface area contributed by atoms with Crippen molar-refractivity contribution in [3.8, 4) is 0 Å². The highest BCUT2D eigenvalue weighted by molar-refractivity contribution is 5.80. The number of nitrogens with one attached hydrogen (secondary N) is 2. The summed E-state index contributed by atoms with van der Waals surface area (Å²) in [7, 11) is 2.10. The van der Waals surface area contributed by atoms with Crippen LogP contribution in [0.3, 0.4) is 0 Å². The summed E-state index contributed by atoms with van der Waals surface area (Å²) in [5, 5.41) is 6.57. The fourth-order valence-electron chi connectivity index (χ4n) is 1.80. The van der Waals surface area contributed by atoms with Crippen molar-refractivity contribution in [2.45, 2.75) is 6.42 Å². The fourth-order valence-corrected chi connectivity index (χ4v) is 1.80. The molecule has 2 N–H and O–H groups in total. The zero-order valence-electron chi connectivity index (χ0n) is 10.3. The first-order valence-electron chi connectivity index (χ1n) is 6.14. The molecule has 0 amide bonds. The van der Waals surface area contributed by atoms with Crippen molar-refractivity contribution in [1.29, 1.82) is 0 Å². The first kappa shape index (κ1) is 11.8. The van der Waals surface area contributed by atoms with Crippen molar-refractivity contribution in [1.82, 2.24) is 10.6 Å². The van der Waals surface area contributed by atoms with E-state index in [1.54, 1.807) is 0 Å². The Morgan fingerprint density at radius 3 is 2.88 bits per heavy atom. The van der Waals surface area contributed by atoms with Crippen LogP contribution in [0.2, 0.25) is 0 Å². The Balaban J connectivity index is 1.73. The molecule has 0 saturated carbocycles. The van der Waals surface area contributed by atoms with Crippen LogP contribution < -0.4 is 15.5 Å². The first-order chi connectivity index (χ1) is 8.36. The van der Waals surface area contributed by atoms with Crippen LogP contribution in [0.15, 0.2) is 35.3 Å². The predicted octanol–water partition coefficient (Wildman–Crippen LogP) is 1.06. The minimum Gasteiger partial charge on any atom is -0.373 e. The van der Waals surface area contributed by atoms with Crippen molar-refractivity contribution >= 4 is 11.6 Å². The Hall–Kier alpha value is -1.71. The number of likely N-dealkylation sites (N-methyl/N-ethyl adjacent to an activating group) is 1. The number of aliphatic imine (C=N–C) groups is 1. The van der Waals surface area contributed by atoms with Gasteiger partial charge in [0.2, 0.25) is 0 Å². The highest BCUT2D eigenvalue weighted by Crippen LogP contribution is 2.09. The predicted molar refractivity (Wildman–Crippen MR) is 72.6 cm³/mol. The number of hydrogen-bond acceptors (Lipinski definition) is 4. The van der Waals surface area contributed by atoms with Crippen molar-refractivity contribution < 1.29 is 0 Å². The Labute approximate surface area is 103 Å². The molecule has 4 nitrogen and oxygen atoms in total. The van der Waals surface area contributed by atoms with Gasteiger partial charge in [-0.05, 0) is 18.6 Å². The first-order valence-corrected chi connectivity index (χ1v) is 6.14. The summed E-state index contributed by atoms with van der Waals surface area (Å²) in [6.07, 6.45) is 1.13. The topological polar surface area (TPSA) is 39.7 Å². The lowest BCUT2D eigenvalue weighted by Gasteiger charge is -2.21. The van der Waals surface area contributed by atoms with Crippen LogP contribution >= 0.6 is 0 Å². The molecule has 1 heterocycles. The zero-order valence-corrected chi connectivity index (χ0v) is 10.3. The van der Waals surface area contributed by atoms with Crippen molar-refractivity contribution in [3.05, 3.63) is 30.3 Å². The van der Waals surface area contributed by atoms with E-state index in [-0.39, 0.29) is 0 Å². The molecule has 0 aromatic heterocycles. The summed E-state index contributed by atoms with van der Waals surface area (Å²) in [6, 6.07) is 10.4. The summed E-state index contributed by atoms with van der Waals surface area (Å²) in [5.74, 6) is 0.942. The number of nitrogens with zero attached hydrogens (tertiary/aromatic N) is 2. The molecule has 0 fully saturated rings. The Morgan fingerprint density at radius 1 is 1.35 bits per heavy atom. The summed E-state index contributed by atoms with van der Waals surface area (Å²) in [4.78, 5) is 6.61. The smallest absolute Gasteiger partial charge is 0.191 e. The quantitative estimate of drug-likeness (QED) is 0.815. The summed E-state index contributed by atoms with van der Waals surface area (Å²) in [5.41, 5.74) is 1.24. The molecule has 1 aromatic carbocycles. The van der Waals surface area contributed by atoms with E-state index in [0.717, 1.165) is 38.6 Å². The number of guanidine groups is 1. The van der Waals surface area contributed by atoms with Crippen LogP contribution in [-0.2, 0) is 0 Å². The second kappa shape index (κ2) is 6.13. The maximum Gasteiger partial charge on any atom is 0.191 e. The lowest BCUT2D eigenvalue weighted by molar-refractivity contribution is 0.698. The van der Waals surface area contributed by atoms with E-state index in [1.165, 1.54) is 5.69 Å². The lowest BCUT2D eigenvalue weighted by Crippen LogP contribution is -2.43. The number of rotatable bonds is 4. The Morgan fingerprint density at radius 2 is 2.18 bits per heavy atom. The molecule has 1 aliphatic heterocycles. The second-order valence-corrected chi connectivity index (χ2v) is 4.19. The maximum atomic E-state index is 4.37. The van der Waals surface area contributed by atoms with Crippen LogP contribution in [-0.4, -0.2) is 39.2 Å². The van der Waals surface area contributed by atoms with Gasteiger partial charge < -0.3 is 15.5 Å². The minimum atomic E-state index is 0.900. The van der Waals surface area contributed by atoms with Crippen LogP contribution in [0.4, 0.5) is 5.69 Å². The van der Waals surface area contributed by atoms with E-state index in [9.17, 15) is 0 Å². The molecule has 17 heavy (non-hydrogen) atoms. The molecule has 1 aromatic rings. The van der Waals surface area contributed by atoms with E-state index in [4.69, 9.17) is 0 Å². The third kappa shape index (κ3) is 3.66. The van der Waals surface area contributed by atoms with Gasteiger partial charge in [-0.15, -0.1) is 0 Å². The van der Waals surface area contributed by atoms with E-state index in [0.29, 0.717) is 0 Å². The van der Waals surface area contributed by atoms with Gasteiger partial charge in [-0.3, -0.25) is 4.99 Å². The van der Waals surface area contributed by atoms with Crippen LogP contribution in [0.5, 0.6) is 0 Å². The molecule has 0 bridgehead atoms. The van der Waals surface area contributed by atoms with Gasteiger partial charge in [-0.1, -0.05) is 18.2 Å². The van der Waals surface area contributed by atoms with Gasteiger partial charge in [0.25, 0.3) is 0 Å². The van der Waals surface area contributed by atoms with Crippen molar-refractivity contribution in [2.24, 2.45) is 4.99 Å². The Bertz CT molecular complexity index is 361. The monoisotopic (exact) mass is 232 g/mol. The number of hydrogen-bond donors (Lipinski definition) is 2. The average molecular weight is 232 g/mol. The molecule has 92 valence electrons. The van der Waals surface area contributed by atoms with Crippen LogP contribution in [0, 0.1) is 0 Å². The van der Waals surface area contributed by atoms with E-state index < -0.39 is 0 Å². The molecule has 0 radical (unpaired) electrons. The highest BCUT2D eigenvalue weighted by Gasteiger charge is 2.03. The fraction of sp³-hybridized carbons (Fsp3) is 0.462. The lowest BCUT2D eigenvalue weighted by atomic mass is 10.3. The largest absolute Gasteiger partial charge is 0.373 e. The number of benzene rings is 1.